The molecule has 5 heteroatoms. The lowest BCUT2D eigenvalue weighted by Gasteiger charge is -2.37. The number of nitrogens with zero attached hydrogens (tertiary/aromatic N) is 1. The molecule has 1 aliphatic carbocycles. The van der Waals surface area contributed by atoms with Crippen LogP contribution in [0.15, 0.2) is 42.6 Å². The lowest BCUT2D eigenvalue weighted by molar-refractivity contribution is 0.0228. The highest BCUT2D eigenvalue weighted by atomic mass is 16.5. The fourth-order valence-electron chi connectivity index (χ4n) is 3.45. The van der Waals surface area contributed by atoms with E-state index in [4.69, 9.17) is 4.74 Å². The molecule has 1 amide bonds. The summed E-state index contributed by atoms with van der Waals surface area (Å²) in [6.45, 7) is 0.678. The van der Waals surface area contributed by atoms with E-state index >= 15 is 0 Å². The van der Waals surface area contributed by atoms with Crippen molar-refractivity contribution in [2.75, 3.05) is 6.61 Å². The second-order valence-corrected chi connectivity index (χ2v) is 6.51. The molecular weight excluding hydrogens is 304 g/mol. The Labute approximate surface area is 140 Å². The van der Waals surface area contributed by atoms with Crippen LogP contribution in [-0.4, -0.2) is 28.7 Å². The van der Waals surface area contributed by atoms with E-state index in [1.807, 2.05) is 30.3 Å². The van der Waals surface area contributed by atoms with Gasteiger partial charge in [0, 0.05) is 18.2 Å². The first kappa shape index (κ1) is 15.1. The lowest BCUT2D eigenvalue weighted by Crippen LogP contribution is -2.41. The minimum atomic E-state index is -0.268. The smallest absolute Gasteiger partial charge is 0.251 e. The van der Waals surface area contributed by atoms with Crippen LogP contribution in [0.5, 0.6) is 5.75 Å². The molecule has 1 fully saturated rings. The molecule has 5 nitrogen and oxygen atoms in total. The zero-order chi connectivity index (χ0) is 16.5. The second-order valence-electron chi connectivity index (χ2n) is 6.51. The average molecular weight is 324 g/mol. The SMILES string of the molecule is O=C(NC(c1ccccn1)C1CC(O)C1)c1ccc2c(c1)CCO2. The Balaban J connectivity index is 1.55. The van der Waals surface area contributed by atoms with Crippen molar-refractivity contribution in [3.8, 4) is 5.75 Å². The van der Waals surface area contributed by atoms with E-state index in [0.29, 0.717) is 25.0 Å². The number of rotatable bonds is 4. The van der Waals surface area contributed by atoms with Gasteiger partial charge < -0.3 is 15.2 Å². The molecule has 4 rings (SSSR count). The van der Waals surface area contributed by atoms with Crippen LogP contribution in [0.2, 0.25) is 0 Å². The fraction of sp³-hybridized carbons (Fsp3) is 0.368. The maximum absolute atomic E-state index is 12.7. The van der Waals surface area contributed by atoms with Gasteiger partial charge in [-0.05, 0) is 54.7 Å². The van der Waals surface area contributed by atoms with Gasteiger partial charge in [-0.3, -0.25) is 9.78 Å². The molecule has 1 aromatic heterocycles. The number of nitrogens with one attached hydrogen (secondary N) is 1. The van der Waals surface area contributed by atoms with E-state index in [-0.39, 0.29) is 24.0 Å². The maximum Gasteiger partial charge on any atom is 0.251 e. The van der Waals surface area contributed by atoms with Crippen molar-refractivity contribution >= 4 is 5.91 Å². The van der Waals surface area contributed by atoms with Gasteiger partial charge in [0.25, 0.3) is 5.91 Å². The summed E-state index contributed by atoms with van der Waals surface area (Å²) in [6.07, 6.45) is 3.69. The van der Waals surface area contributed by atoms with Crippen molar-refractivity contribution in [3.63, 3.8) is 0 Å². The number of amides is 1. The highest BCUT2D eigenvalue weighted by Crippen LogP contribution is 2.37. The predicted molar refractivity (Wildman–Crippen MR) is 88.8 cm³/mol. The molecule has 1 aromatic carbocycles. The van der Waals surface area contributed by atoms with Crippen LogP contribution in [0.4, 0.5) is 0 Å². The predicted octanol–water partition coefficient (Wildman–Crippen LogP) is 2.26. The highest BCUT2D eigenvalue weighted by Gasteiger charge is 2.36. The lowest BCUT2D eigenvalue weighted by atomic mass is 9.76. The maximum atomic E-state index is 12.7. The molecule has 2 heterocycles. The van der Waals surface area contributed by atoms with Crippen molar-refractivity contribution in [1.82, 2.24) is 10.3 Å². The van der Waals surface area contributed by atoms with E-state index in [9.17, 15) is 9.90 Å². The van der Waals surface area contributed by atoms with Crippen LogP contribution in [0.3, 0.4) is 0 Å². The van der Waals surface area contributed by atoms with Gasteiger partial charge in [0.1, 0.15) is 5.75 Å². The summed E-state index contributed by atoms with van der Waals surface area (Å²) in [7, 11) is 0. The summed E-state index contributed by atoms with van der Waals surface area (Å²) in [5, 5.41) is 12.7. The Morgan fingerprint density at radius 3 is 2.92 bits per heavy atom. The van der Waals surface area contributed by atoms with Crippen LogP contribution in [0.25, 0.3) is 0 Å². The average Bonchev–Trinajstić information content (AvgIpc) is 3.05. The van der Waals surface area contributed by atoms with Crippen LogP contribution < -0.4 is 10.1 Å². The van der Waals surface area contributed by atoms with E-state index in [1.165, 1.54) is 0 Å². The molecule has 124 valence electrons. The standard InChI is InChI=1S/C19H20N2O3/c22-15-10-14(11-15)18(16-3-1-2-7-20-16)21-19(23)13-4-5-17-12(9-13)6-8-24-17/h1-5,7,9,14-15,18,22H,6,8,10-11H2,(H,21,23). The van der Waals surface area contributed by atoms with Gasteiger partial charge in [0.2, 0.25) is 0 Å². The summed E-state index contributed by atoms with van der Waals surface area (Å²) >= 11 is 0. The molecule has 2 aliphatic rings. The Morgan fingerprint density at radius 2 is 2.17 bits per heavy atom. The highest BCUT2D eigenvalue weighted by molar-refractivity contribution is 5.95. The van der Waals surface area contributed by atoms with Crippen LogP contribution in [-0.2, 0) is 6.42 Å². The van der Waals surface area contributed by atoms with Crippen molar-refractivity contribution in [2.24, 2.45) is 5.92 Å². The number of benzene rings is 1. The van der Waals surface area contributed by atoms with Gasteiger partial charge >= 0.3 is 0 Å². The van der Waals surface area contributed by atoms with Gasteiger partial charge in [-0.1, -0.05) is 6.07 Å². The van der Waals surface area contributed by atoms with Gasteiger partial charge in [0.05, 0.1) is 24.4 Å². The van der Waals surface area contributed by atoms with Gasteiger partial charge in [-0.2, -0.15) is 0 Å². The first-order valence-corrected chi connectivity index (χ1v) is 8.36. The van der Waals surface area contributed by atoms with Crippen LogP contribution in [0.1, 0.15) is 40.5 Å². The Hall–Kier alpha value is -2.40. The first-order valence-electron chi connectivity index (χ1n) is 8.36. The van der Waals surface area contributed by atoms with E-state index in [0.717, 1.165) is 23.4 Å². The molecule has 2 aromatic rings. The molecule has 0 bridgehead atoms. The van der Waals surface area contributed by atoms with Gasteiger partial charge in [-0.25, -0.2) is 0 Å². The Morgan fingerprint density at radius 1 is 1.29 bits per heavy atom. The normalized spacial score (nSPS) is 22.9. The second kappa shape index (κ2) is 6.24. The minimum Gasteiger partial charge on any atom is -0.493 e. The number of hydrogen-bond acceptors (Lipinski definition) is 4. The number of fused-ring (bicyclic) bond motifs is 1. The molecule has 24 heavy (non-hydrogen) atoms. The molecule has 1 saturated carbocycles. The summed E-state index contributed by atoms with van der Waals surface area (Å²) < 4.78 is 5.49. The third kappa shape index (κ3) is 2.87. The van der Waals surface area contributed by atoms with Crippen LogP contribution in [0, 0.1) is 5.92 Å². The van der Waals surface area contributed by atoms with Crippen molar-refractivity contribution in [1.29, 1.82) is 0 Å². The molecule has 1 unspecified atom stereocenters. The molecular formula is C19H20N2O3. The van der Waals surface area contributed by atoms with Crippen molar-refractivity contribution in [3.05, 3.63) is 59.4 Å². The number of pyridine rings is 1. The monoisotopic (exact) mass is 324 g/mol. The summed E-state index contributed by atoms with van der Waals surface area (Å²) in [5.74, 6) is 0.980. The number of aliphatic hydroxyl groups is 1. The largest absolute Gasteiger partial charge is 0.493 e. The van der Waals surface area contributed by atoms with Gasteiger partial charge in [0.15, 0.2) is 0 Å². The zero-order valence-corrected chi connectivity index (χ0v) is 13.3. The molecule has 0 spiro atoms. The zero-order valence-electron chi connectivity index (χ0n) is 13.3. The Kier molecular flexibility index (Phi) is 3.94. The van der Waals surface area contributed by atoms with Crippen molar-refractivity contribution in [2.45, 2.75) is 31.4 Å². The van der Waals surface area contributed by atoms with E-state index < -0.39 is 0 Å². The van der Waals surface area contributed by atoms with E-state index in [1.54, 1.807) is 12.3 Å². The van der Waals surface area contributed by atoms with E-state index in [2.05, 4.69) is 10.3 Å². The summed E-state index contributed by atoms with van der Waals surface area (Å²) in [6, 6.07) is 11.1. The number of carbonyl (C=O) groups is 1. The fourth-order valence-corrected chi connectivity index (χ4v) is 3.45. The van der Waals surface area contributed by atoms with Crippen LogP contribution >= 0.6 is 0 Å². The first-order chi connectivity index (χ1) is 11.7. The molecule has 2 N–H and O–H groups in total. The van der Waals surface area contributed by atoms with Gasteiger partial charge in [-0.15, -0.1) is 0 Å². The number of aliphatic hydroxyl groups excluding tert-OH is 1. The number of ether oxygens (including phenoxy) is 1. The number of hydrogen-bond donors (Lipinski definition) is 2. The minimum absolute atomic E-state index is 0.109. The summed E-state index contributed by atoms with van der Waals surface area (Å²) in [5.41, 5.74) is 2.56. The quantitative estimate of drug-likeness (QED) is 0.905. The topological polar surface area (TPSA) is 71.5 Å². The number of aromatic nitrogens is 1. The summed E-state index contributed by atoms with van der Waals surface area (Å²) in [4.78, 5) is 17.1. The third-order valence-corrected chi connectivity index (χ3v) is 4.87. The molecule has 0 saturated heterocycles. The molecule has 1 aliphatic heterocycles. The third-order valence-electron chi connectivity index (χ3n) is 4.87. The molecule has 1 atom stereocenters. The Bertz CT molecular complexity index is 742. The number of carbonyl (C=O) groups excluding carboxylic acids is 1. The molecule has 0 radical (unpaired) electrons. The van der Waals surface area contributed by atoms with Crippen molar-refractivity contribution < 1.29 is 14.6 Å².